The molecule has 0 amide bonds. The Morgan fingerprint density at radius 3 is 0.564 bits per heavy atom. The third-order valence-electron chi connectivity index (χ3n) is 14.1. The van der Waals surface area contributed by atoms with Crippen LogP contribution in [0, 0.1) is 0 Å². The van der Waals surface area contributed by atoms with E-state index < -0.39 is 0 Å². The van der Waals surface area contributed by atoms with Gasteiger partial charge in [-0.25, -0.2) is 0 Å². The van der Waals surface area contributed by atoms with Crippen LogP contribution in [0.25, 0.3) is 64.4 Å². The van der Waals surface area contributed by atoms with Crippen LogP contribution in [0.15, 0.2) is 358 Å². The van der Waals surface area contributed by atoms with Crippen molar-refractivity contribution in [1.29, 1.82) is 0 Å². The molecule has 0 saturated heterocycles. The van der Waals surface area contributed by atoms with Crippen molar-refractivity contribution in [2.24, 2.45) is 20.0 Å². The van der Waals surface area contributed by atoms with Gasteiger partial charge in [-0.15, -0.1) is 11.4 Å². The number of hydrogen-bond acceptors (Lipinski definition) is 4. The van der Waals surface area contributed by atoms with Crippen LogP contribution in [0.5, 0.6) is 0 Å². The quantitative estimate of drug-likeness (QED) is 0.135. The summed E-state index contributed by atoms with van der Waals surface area (Å²) in [5.74, 6) is 0. The van der Waals surface area contributed by atoms with E-state index in [0.717, 1.165) is 134 Å². The van der Waals surface area contributed by atoms with E-state index in [9.17, 15) is 0 Å². The topological polar surface area (TPSA) is 106 Å². The summed E-state index contributed by atoms with van der Waals surface area (Å²) in [5.41, 5.74) is 13.7. The van der Waals surface area contributed by atoms with Crippen LogP contribution in [0.4, 0.5) is 45.5 Å². The summed E-state index contributed by atoms with van der Waals surface area (Å²) in [5, 5.41) is 28.8. The molecular formula is C84H76N8Ni2. The van der Waals surface area contributed by atoms with Crippen molar-refractivity contribution in [3.05, 3.63) is 360 Å². The Balaban J connectivity index is 0.000000192. The van der Waals surface area contributed by atoms with E-state index in [2.05, 4.69) is 97.1 Å². The Morgan fingerprint density at radius 1 is 0.191 bits per heavy atom. The third kappa shape index (κ3) is 22.4. The molecule has 0 atom stereocenters. The zero-order chi connectivity index (χ0) is 64.3. The van der Waals surface area contributed by atoms with Crippen LogP contribution in [0.3, 0.4) is 0 Å². The van der Waals surface area contributed by atoms with Crippen LogP contribution >= 0.6 is 0 Å². The minimum absolute atomic E-state index is 0. The molecule has 2 heterocycles. The van der Waals surface area contributed by atoms with E-state index in [1.54, 1.807) is 0 Å². The van der Waals surface area contributed by atoms with Gasteiger partial charge in [-0.3, -0.25) is 20.0 Å². The molecule has 2 aliphatic heterocycles. The molecule has 0 unspecified atom stereocenters. The fourth-order valence-electron chi connectivity index (χ4n) is 10.1. The van der Waals surface area contributed by atoms with Gasteiger partial charge in [0, 0.05) is 34.2 Å². The predicted molar refractivity (Wildman–Crippen MR) is 400 cm³/mol. The number of nitrogens with zero attached hydrogens (tertiary/aromatic N) is 8. The summed E-state index contributed by atoms with van der Waals surface area (Å²) < 4.78 is 0. The maximum atomic E-state index is 4.92. The van der Waals surface area contributed by atoms with Crippen molar-refractivity contribution >= 4 is 111 Å². The Bertz CT molecular complexity index is 4180. The molecule has 10 heteroatoms. The van der Waals surface area contributed by atoms with E-state index in [4.69, 9.17) is 41.2 Å². The van der Waals surface area contributed by atoms with Gasteiger partial charge in [0.25, 0.3) is 0 Å². The fourth-order valence-corrected chi connectivity index (χ4v) is 10.1. The zero-order valence-electron chi connectivity index (χ0n) is 54.2. The maximum absolute atomic E-state index is 4.92. The van der Waals surface area contributed by atoms with Crippen LogP contribution in [-0.4, -0.2) is 22.8 Å². The number of rotatable bonds is 0. The third-order valence-corrected chi connectivity index (χ3v) is 14.1. The predicted octanol–water partition coefficient (Wildman–Crippen LogP) is 26.2. The van der Waals surface area contributed by atoms with Crippen molar-refractivity contribution in [2.75, 3.05) is 0 Å². The normalized spacial score (nSPS) is 14.7. The number of hydrogen-bond donors (Lipinski definition) is 0. The smallest absolute Gasteiger partial charge is 0.662 e. The average Bonchev–Trinajstić information content (AvgIpc) is 0.876. The molecule has 0 radical (unpaired) electrons. The van der Waals surface area contributed by atoms with E-state index in [1.165, 1.54) is 0 Å². The number of benzene rings is 12. The first-order valence-electron chi connectivity index (χ1n) is 30.8. The minimum Gasteiger partial charge on any atom is -0.662 e. The molecular weight excluding hydrogens is 1240 g/mol. The average molecular weight is 1310 g/mol. The van der Waals surface area contributed by atoms with Crippen LogP contribution in [0.1, 0.15) is 55.4 Å². The van der Waals surface area contributed by atoms with Gasteiger partial charge in [0.1, 0.15) is 0 Å². The van der Waals surface area contributed by atoms with Gasteiger partial charge in [-0.05, 0) is 95.1 Å². The summed E-state index contributed by atoms with van der Waals surface area (Å²) in [7, 11) is 0. The number of aliphatic imine (C=N–C) groups is 4. The summed E-state index contributed by atoms with van der Waals surface area (Å²) >= 11 is 0. The molecule has 0 bridgehead atoms. The molecule has 8 nitrogen and oxygen atoms in total. The van der Waals surface area contributed by atoms with Crippen molar-refractivity contribution in [2.45, 2.75) is 55.4 Å². The van der Waals surface area contributed by atoms with Crippen molar-refractivity contribution in [1.82, 2.24) is 0 Å². The molecule has 0 saturated carbocycles. The van der Waals surface area contributed by atoms with Gasteiger partial charge in [0.2, 0.25) is 0 Å². The molecule has 14 rings (SSSR count). The van der Waals surface area contributed by atoms with E-state index >= 15 is 0 Å². The summed E-state index contributed by atoms with van der Waals surface area (Å²) in [6.45, 7) is 16.0. The summed E-state index contributed by atoms with van der Waals surface area (Å²) in [4.78, 5) is 19.7. The van der Waals surface area contributed by atoms with Gasteiger partial charge >= 0.3 is 33.0 Å². The SMILES string of the molecule is CC1=Nc2cc3ccccc3cc2N=C(C)/C=C(/C)[N-]c2cc3ccccc3cc2[N-]/C(C)=C\1.CC1=Nc2cc3ccccc3cc2[N-]/C(C)=C\C(C)=Nc2cc3ccccc3cc2[N-]/C(C)=C\1.[Ni+2].[Ni+2].c1ccccc1.c1ccccc1.c1ccccc1.c1ccccc1. The van der Waals surface area contributed by atoms with E-state index in [-0.39, 0.29) is 33.0 Å². The van der Waals surface area contributed by atoms with E-state index in [1.807, 2.05) is 274 Å². The summed E-state index contributed by atoms with van der Waals surface area (Å²) in [6, 6.07) is 97.9. The molecule has 94 heavy (non-hydrogen) atoms. The second-order valence-corrected chi connectivity index (χ2v) is 22.0. The van der Waals surface area contributed by atoms with E-state index in [0.29, 0.717) is 0 Å². The number of fused-ring (bicyclic) bond motifs is 8. The van der Waals surface area contributed by atoms with Crippen LogP contribution in [-0.2, 0) is 33.0 Å². The van der Waals surface area contributed by atoms with Gasteiger partial charge in [-0.2, -0.15) is 34.2 Å². The van der Waals surface area contributed by atoms with Gasteiger partial charge < -0.3 is 21.3 Å². The van der Waals surface area contributed by atoms with Crippen LogP contribution in [0.2, 0.25) is 0 Å². The van der Waals surface area contributed by atoms with Gasteiger partial charge in [0.05, 0.1) is 11.4 Å². The van der Waals surface area contributed by atoms with Crippen LogP contribution < -0.4 is 0 Å². The molecule has 0 spiro atoms. The van der Waals surface area contributed by atoms with Crippen molar-refractivity contribution < 1.29 is 33.0 Å². The molecule has 0 aromatic heterocycles. The largest absolute Gasteiger partial charge is 2.00 e. The molecule has 12 aromatic rings. The minimum atomic E-state index is 0. The fraction of sp³-hybridized carbons (Fsp3) is 0.0952. The summed E-state index contributed by atoms with van der Waals surface area (Å²) in [6.07, 6.45) is 8.01. The zero-order valence-corrected chi connectivity index (χ0v) is 56.2. The first-order valence-corrected chi connectivity index (χ1v) is 30.8. The molecule has 0 N–H and O–H groups in total. The standard InChI is InChI=1S/2C30H26N4.4C6H6.2Ni/c2*1-19-13-20(2)32-29-17-25-11-7-8-12-26(25)18-30(29)34-22(4)14-21(3)33-28-16-24-10-6-5-9-23(24)15-27(28)31-19;4*1-2-4-6-5-3-1;;/h2*5-18H,1-4H3;4*1-6H;;/q2*-2;;;;;2*+2/b19-13-,22-14-,32-20?,33-21?;19-13-,21-14-,32-20?,34-22?;;;;;;. The van der Waals surface area contributed by atoms with Crippen molar-refractivity contribution in [3.8, 4) is 0 Å². The van der Waals surface area contributed by atoms with Crippen molar-refractivity contribution in [3.63, 3.8) is 0 Å². The molecule has 2 aliphatic rings. The molecule has 472 valence electrons. The maximum Gasteiger partial charge on any atom is 2.00 e. The Hall–Kier alpha value is -10.5. The number of allylic oxidation sites excluding steroid dienone is 8. The van der Waals surface area contributed by atoms with Gasteiger partial charge in [0.15, 0.2) is 0 Å². The van der Waals surface area contributed by atoms with Gasteiger partial charge in [-0.1, -0.05) is 319 Å². The second kappa shape index (κ2) is 37.1. The Morgan fingerprint density at radius 2 is 0.351 bits per heavy atom. The molecule has 0 aliphatic carbocycles. The molecule has 0 fully saturated rings. The molecule has 12 aromatic carbocycles. The monoisotopic (exact) mass is 1310 g/mol. The first kappa shape index (κ1) is 71.0. The second-order valence-electron chi connectivity index (χ2n) is 22.0. The first-order chi connectivity index (χ1) is 44.9. The Labute approximate surface area is 575 Å². The Kier molecular flexibility index (Phi) is 28.0.